The number of hydrogen-bond acceptors (Lipinski definition) is 4. The van der Waals surface area contributed by atoms with Crippen LogP contribution < -0.4 is 0 Å². The third-order valence-corrected chi connectivity index (χ3v) is 3.61. The summed E-state index contributed by atoms with van der Waals surface area (Å²) in [5.41, 5.74) is 0. The van der Waals surface area contributed by atoms with Crippen molar-refractivity contribution in [3.8, 4) is 0 Å². The van der Waals surface area contributed by atoms with E-state index in [2.05, 4.69) is 0 Å². The summed E-state index contributed by atoms with van der Waals surface area (Å²) >= 11 is 0. The summed E-state index contributed by atoms with van der Waals surface area (Å²) in [6.07, 6.45) is 1.63. The number of piperazine rings is 1. The third-order valence-electron chi connectivity index (χ3n) is 3.61. The fourth-order valence-corrected chi connectivity index (χ4v) is 2.52. The van der Waals surface area contributed by atoms with Crippen molar-refractivity contribution < 1.29 is 19.4 Å². The first-order valence-electron chi connectivity index (χ1n) is 6.47. The molecule has 2 saturated heterocycles. The van der Waals surface area contributed by atoms with Crippen molar-refractivity contribution in [1.29, 1.82) is 0 Å². The van der Waals surface area contributed by atoms with E-state index in [1.807, 2.05) is 9.80 Å². The zero-order valence-corrected chi connectivity index (χ0v) is 10.5. The molecule has 0 aromatic rings. The lowest BCUT2D eigenvalue weighted by Gasteiger charge is -2.36. The summed E-state index contributed by atoms with van der Waals surface area (Å²) in [6.45, 7) is 4.01. The van der Waals surface area contributed by atoms with Gasteiger partial charge in [-0.1, -0.05) is 0 Å². The number of aliphatic carboxylic acids is 1. The van der Waals surface area contributed by atoms with Crippen LogP contribution in [0.5, 0.6) is 0 Å². The lowest BCUT2D eigenvalue weighted by atomic mass is 9.98. The van der Waals surface area contributed by atoms with Gasteiger partial charge in [-0.05, 0) is 12.8 Å². The molecule has 2 rings (SSSR count). The lowest BCUT2D eigenvalue weighted by Crippen LogP contribution is -2.51. The van der Waals surface area contributed by atoms with Crippen LogP contribution in [0.25, 0.3) is 0 Å². The largest absolute Gasteiger partial charge is 0.480 e. The number of amides is 1. The molecule has 0 bridgehead atoms. The maximum atomic E-state index is 12.2. The smallest absolute Gasteiger partial charge is 0.317 e. The molecule has 0 saturated carbocycles. The quantitative estimate of drug-likeness (QED) is 0.747. The van der Waals surface area contributed by atoms with E-state index in [9.17, 15) is 9.59 Å². The number of hydrogen-bond donors (Lipinski definition) is 1. The van der Waals surface area contributed by atoms with E-state index in [0.29, 0.717) is 39.4 Å². The molecule has 0 aromatic heterocycles. The first-order valence-corrected chi connectivity index (χ1v) is 6.47. The van der Waals surface area contributed by atoms with E-state index in [0.717, 1.165) is 12.8 Å². The Bertz CT molecular complexity index is 307. The number of rotatable bonds is 3. The second-order valence-corrected chi connectivity index (χ2v) is 4.88. The topological polar surface area (TPSA) is 70.1 Å². The molecule has 2 fully saturated rings. The Hall–Kier alpha value is -1.14. The van der Waals surface area contributed by atoms with Gasteiger partial charge in [0.1, 0.15) is 0 Å². The van der Waals surface area contributed by atoms with Crippen LogP contribution in [0.15, 0.2) is 0 Å². The predicted octanol–water partition coefficient (Wildman–Crippen LogP) is -0.358. The fourth-order valence-electron chi connectivity index (χ4n) is 2.52. The second-order valence-electron chi connectivity index (χ2n) is 4.88. The van der Waals surface area contributed by atoms with Gasteiger partial charge in [-0.2, -0.15) is 0 Å². The van der Waals surface area contributed by atoms with Crippen LogP contribution in [0.4, 0.5) is 0 Å². The maximum Gasteiger partial charge on any atom is 0.317 e. The van der Waals surface area contributed by atoms with Crippen molar-refractivity contribution in [3.05, 3.63) is 0 Å². The van der Waals surface area contributed by atoms with Gasteiger partial charge < -0.3 is 14.7 Å². The molecule has 0 spiro atoms. The highest BCUT2D eigenvalue weighted by Crippen LogP contribution is 2.18. The van der Waals surface area contributed by atoms with Gasteiger partial charge in [0.25, 0.3) is 0 Å². The summed E-state index contributed by atoms with van der Waals surface area (Å²) in [5.74, 6) is -0.489. The number of carboxylic acid groups (broad SMARTS) is 1. The van der Waals surface area contributed by atoms with E-state index < -0.39 is 5.97 Å². The molecular weight excluding hydrogens is 236 g/mol. The first-order chi connectivity index (χ1) is 8.66. The van der Waals surface area contributed by atoms with Crippen LogP contribution >= 0.6 is 0 Å². The van der Waals surface area contributed by atoms with Crippen LogP contribution in [0.2, 0.25) is 0 Å². The van der Waals surface area contributed by atoms with Gasteiger partial charge in [-0.15, -0.1) is 0 Å². The minimum absolute atomic E-state index is 0.0687. The van der Waals surface area contributed by atoms with Gasteiger partial charge in [0.15, 0.2) is 0 Å². The number of carboxylic acids is 1. The van der Waals surface area contributed by atoms with E-state index in [4.69, 9.17) is 9.84 Å². The Morgan fingerprint density at radius 1 is 1.11 bits per heavy atom. The van der Waals surface area contributed by atoms with Crippen LogP contribution in [0.1, 0.15) is 12.8 Å². The predicted molar refractivity (Wildman–Crippen MR) is 64.2 cm³/mol. The molecule has 0 aromatic carbocycles. The highest BCUT2D eigenvalue weighted by atomic mass is 16.5. The first kappa shape index (κ1) is 13.3. The van der Waals surface area contributed by atoms with Crippen LogP contribution in [0.3, 0.4) is 0 Å². The Morgan fingerprint density at radius 2 is 1.72 bits per heavy atom. The molecule has 6 heteroatoms. The van der Waals surface area contributed by atoms with Crippen molar-refractivity contribution in [3.63, 3.8) is 0 Å². The van der Waals surface area contributed by atoms with Crippen LogP contribution in [0, 0.1) is 5.92 Å². The molecule has 0 unspecified atom stereocenters. The van der Waals surface area contributed by atoms with E-state index in [1.165, 1.54) is 0 Å². The van der Waals surface area contributed by atoms with E-state index in [-0.39, 0.29) is 18.4 Å². The minimum Gasteiger partial charge on any atom is -0.480 e. The average Bonchev–Trinajstić information content (AvgIpc) is 2.39. The maximum absolute atomic E-state index is 12.2. The second kappa shape index (κ2) is 6.15. The van der Waals surface area contributed by atoms with Gasteiger partial charge in [-0.3, -0.25) is 14.5 Å². The molecule has 2 heterocycles. The molecule has 2 aliphatic rings. The standard InChI is InChI=1S/C12H20N2O4/c15-11(16)9-13-3-5-14(6-4-13)12(17)10-1-7-18-8-2-10/h10H,1-9H2,(H,15,16). The lowest BCUT2D eigenvalue weighted by molar-refractivity contribution is -0.142. The molecule has 1 amide bonds. The Balaban J connectivity index is 1.78. The van der Waals surface area contributed by atoms with Crippen LogP contribution in [-0.2, 0) is 14.3 Å². The van der Waals surface area contributed by atoms with Crippen molar-refractivity contribution in [2.45, 2.75) is 12.8 Å². The Kier molecular flexibility index (Phi) is 4.54. The van der Waals surface area contributed by atoms with E-state index >= 15 is 0 Å². The zero-order chi connectivity index (χ0) is 13.0. The summed E-state index contributed by atoms with van der Waals surface area (Å²) in [5, 5.41) is 8.71. The highest BCUT2D eigenvalue weighted by Gasteiger charge is 2.28. The molecule has 1 N–H and O–H groups in total. The monoisotopic (exact) mass is 256 g/mol. The highest BCUT2D eigenvalue weighted by molar-refractivity contribution is 5.79. The summed E-state index contributed by atoms with van der Waals surface area (Å²) in [4.78, 5) is 26.6. The fraction of sp³-hybridized carbons (Fsp3) is 0.833. The normalized spacial score (nSPS) is 23.0. The summed E-state index contributed by atoms with van der Waals surface area (Å²) in [7, 11) is 0. The number of nitrogens with zero attached hydrogens (tertiary/aromatic N) is 2. The summed E-state index contributed by atoms with van der Waals surface area (Å²) in [6, 6.07) is 0. The summed E-state index contributed by atoms with van der Waals surface area (Å²) < 4.78 is 5.25. The number of ether oxygens (including phenoxy) is 1. The van der Waals surface area contributed by atoms with Crippen molar-refractivity contribution in [1.82, 2.24) is 9.80 Å². The zero-order valence-electron chi connectivity index (χ0n) is 10.5. The molecule has 0 atom stereocenters. The van der Waals surface area contributed by atoms with Crippen molar-refractivity contribution >= 4 is 11.9 Å². The Labute approximate surface area is 106 Å². The minimum atomic E-state index is -0.806. The van der Waals surface area contributed by atoms with Crippen molar-refractivity contribution in [2.75, 3.05) is 45.9 Å². The molecule has 6 nitrogen and oxygen atoms in total. The molecule has 0 radical (unpaired) electrons. The third kappa shape index (κ3) is 3.43. The number of carbonyl (C=O) groups excluding carboxylic acids is 1. The van der Waals surface area contributed by atoms with Crippen LogP contribution in [-0.4, -0.2) is 72.7 Å². The van der Waals surface area contributed by atoms with Gasteiger partial charge in [0, 0.05) is 45.3 Å². The molecule has 0 aliphatic carbocycles. The molecule has 102 valence electrons. The van der Waals surface area contributed by atoms with Crippen molar-refractivity contribution in [2.24, 2.45) is 5.92 Å². The van der Waals surface area contributed by atoms with Gasteiger partial charge >= 0.3 is 5.97 Å². The average molecular weight is 256 g/mol. The SMILES string of the molecule is O=C(O)CN1CCN(C(=O)C2CCOCC2)CC1. The molecule has 2 aliphatic heterocycles. The molecule has 18 heavy (non-hydrogen) atoms. The van der Waals surface area contributed by atoms with Gasteiger partial charge in [0.05, 0.1) is 6.54 Å². The molecular formula is C12H20N2O4. The van der Waals surface area contributed by atoms with Gasteiger partial charge in [0.2, 0.25) is 5.91 Å². The Morgan fingerprint density at radius 3 is 2.28 bits per heavy atom. The van der Waals surface area contributed by atoms with E-state index in [1.54, 1.807) is 0 Å². The number of carbonyl (C=O) groups is 2. The van der Waals surface area contributed by atoms with Gasteiger partial charge in [-0.25, -0.2) is 0 Å².